The van der Waals surface area contributed by atoms with Gasteiger partial charge < -0.3 is 14.5 Å². The van der Waals surface area contributed by atoms with Crippen LogP contribution >= 0.6 is 0 Å². The van der Waals surface area contributed by atoms with E-state index in [1.807, 2.05) is 6.92 Å². The minimum atomic E-state index is -1.93. The Bertz CT molecular complexity index is 406. The van der Waals surface area contributed by atoms with Gasteiger partial charge in [0.25, 0.3) is 0 Å². The molecule has 4 nitrogen and oxygen atoms in total. The highest BCUT2D eigenvalue weighted by Crippen LogP contribution is 2.40. The van der Waals surface area contributed by atoms with Gasteiger partial charge >= 0.3 is 0 Å². The fraction of sp³-hybridized carbons (Fsp3) is 0.933. The third-order valence-corrected chi connectivity index (χ3v) is 9.84. The van der Waals surface area contributed by atoms with Gasteiger partial charge in [0.15, 0.2) is 8.32 Å². The van der Waals surface area contributed by atoms with E-state index in [4.69, 9.17) is 9.16 Å². The van der Waals surface area contributed by atoms with Crippen molar-refractivity contribution in [1.82, 2.24) is 5.32 Å². The van der Waals surface area contributed by atoms with E-state index >= 15 is 0 Å². The number of carbonyl (C=O) groups is 1. The molecule has 2 heterocycles. The van der Waals surface area contributed by atoms with Crippen LogP contribution in [0.1, 0.15) is 27.7 Å². The normalized spacial score (nSPS) is 32.1. The predicted octanol–water partition coefficient (Wildman–Crippen LogP) is 2.50. The summed E-state index contributed by atoms with van der Waals surface area (Å²) in [5, 5.41) is 2.94. The molecular weight excluding hydrogens is 289 g/mol. The molecule has 2 saturated heterocycles. The Morgan fingerprint density at radius 1 is 1.48 bits per heavy atom. The molecule has 21 heavy (non-hydrogen) atoms. The second kappa shape index (κ2) is 5.63. The molecule has 0 unspecified atom stereocenters. The third kappa shape index (κ3) is 3.32. The smallest absolute Gasteiger partial charge is 0.228 e. The molecule has 0 bridgehead atoms. The van der Waals surface area contributed by atoms with E-state index in [-0.39, 0.29) is 41.0 Å². The summed E-state index contributed by atoms with van der Waals surface area (Å²) >= 11 is 0. The van der Waals surface area contributed by atoms with Crippen molar-refractivity contribution >= 4 is 14.2 Å². The second-order valence-corrected chi connectivity index (χ2v) is 12.6. The van der Waals surface area contributed by atoms with E-state index in [1.165, 1.54) is 0 Å². The number of amides is 1. The van der Waals surface area contributed by atoms with Gasteiger partial charge in [-0.25, -0.2) is 0 Å². The zero-order valence-electron chi connectivity index (χ0n) is 13.9. The quantitative estimate of drug-likeness (QED) is 0.465. The van der Waals surface area contributed by atoms with Crippen LogP contribution in [0.5, 0.6) is 0 Å². The number of hydrogen-bond acceptors (Lipinski definition) is 3. The summed E-state index contributed by atoms with van der Waals surface area (Å²) in [5.74, 6) is -0.521. The zero-order chi connectivity index (χ0) is 16.0. The van der Waals surface area contributed by atoms with Crippen LogP contribution in [-0.2, 0) is 14.0 Å². The number of hydrogen-bond donors (Lipinski definition) is 1. The first-order valence-electron chi connectivity index (χ1n) is 7.74. The lowest BCUT2D eigenvalue weighted by molar-refractivity contribution is -0.142. The van der Waals surface area contributed by atoms with Gasteiger partial charge in [-0.05, 0) is 25.1 Å². The van der Waals surface area contributed by atoms with Gasteiger partial charge in [-0.15, -0.1) is 0 Å². The SMILES string of the molecule is C[C@@H](O[Si](C)(C)C(C)(C)C)[C@H]1C(=O)N[C@@H]1[C@H](CF)[C@H]1CO1. The highest BCUT2D eigenvalue weighted by molar-refractivity contribution is 6.74. The van der Waals surface area contributed by atoms with Crippen molar-refractivity contribution in [3.8, 4) is 0 Å². The van der Waals surface area contributed by atoms with Crippen molar-refractivity contribution in [3.05, 3.63) is 0 Å². The Labute approximate surface area is 127 Å². The Kier molecular flexibility index (Phi) is 4.53. The number of epoxide rings is 1. The largest absolute Gasteiger partial charge is 0.413 e. The fourth-order valence-electron chi connectivity index (χ4n) is 2.74. The fourth-order valence-corrected chi connectivity index (χ4v) is 4.17. The van der Waals surface area contributed by atoms with Gasteiger partial charge in [-0.3, -0.25) is 9.18 Å². The molecule has 2 aliphatic rings. The molecule has 0 aromatic carbocycles. The summed E-state index contributed by atoms with van der Waals surface area (Å²) in [5.41, 5.74) is 0. The first-order valence-corrected chi connectivity index (χ1v) is 10.6. The lowest BCUT2D eigenvalue weighted by Gasteiger charge is -2.47. The molecule has 2 fully saturated rings. The van der Waals surface area contributed by atoms with Crippen molar-refractivity contribution in [3.63, 3.8) is 0 Å². The number of β-lactam (4-membered cyclic amide) rings is 1. The first-order chi connectivity index (χ1) is 9.58. The molecular formula is C15H28FNO3Si. The number of ether oxygens (including phenoxy) is 1. The minimum Gasteiger partial charge on any atom is -0.413 e. The van der Waals surface area contributed by atoms with Crippen LogP contribution < -0.4 is 5.32 Å². The number of nitrogens with one attached hydrogen (secondary N) is 1. The summed E-state index contributed by atoms with van der Waals surface area (Å²) in [6, 6.07) is -0.158. The van der Waals surface area contributed by atoms with Crippen LogP contribution in [0.2, 0.25) is 18.1 Å². The molecule has 1 amide bonds. The lowest BCUT2D eigenvalue weighted by atomic mass is 9.77. The average molecular weight is 317 g/mol. The van der Waals surface area contributed by atoms with Crippen molar-refractivity contribution in [1.29, 1.82) is 0 Å². The molecule has 0 spiro atoms. The number of alkyl halides is 1. The van der Waals surface area contributed by atoms with Crippen LogP contribution in [-0.4, -0.2) is 45.8 Å². The molecule has 0 saturated carbocycles. The van der Waals surface area contributed by atoms with Crippen LogP contribution in [0.25, 0.3) is 0 Å². The minimum absolute atomic E-state index is 0.0229. The molecule has 0 aromatic heterocycles. The maximum Gasteiger partial charge on any atom is 0.228 e. The van der Waals surface area contributed by atoms with Gasteiger partial charge in [0.2, 0.25) is 5.91 Å². The van der Waals surface area contributed by atoms with Crippen molar-refractivity contribution in [2.45, 2.75) is 64.1 Å². The average Bonchev–Trinajstić information content (AvgIpc) is 3.10. The predicted molar refractivity (Wildman–Crippen MR) is 82.4 cm³/mol. The molecule has 2 aliphatic heterocycles. The molecule has 5 atom stereocenters. The summed E-state index contributed by atoms with van der Waals surface area (Å²) in [4.78, 5) is 11.9. The number of halogens is 1. The Morgan fingerprint density at radius 3 is 2.43 bits per heavy atom. The van der Waals surface area contributed by atoms with Gasteiger partial charge in [0.1, 0.15) is 0 Å². The van der Waals surface area contributed by atoms with Crippen LogP contribution in [0.3, 0.4) is 0 Å². The Hall–Kier alpha value is -0.463. The van der Waals surface area contributed by atoms with Crippen LogP contribution in [0.15, 0.2) is 0 Å². The maximum atomic E-state index is 13.2. The summed E-state index contributed by atoms with van der Waals surface area (Å²) < 4.78 is 24.8. The van der Waals surface area contributed by atoms with E-state index in [9.17, 15) is 9.18 Å². The van der Waals surface area contributed by atoms with Crippen molar-refractivity contribution < 1.29 is 18.3 Å². The zero-order valence-corrected chi connectivity index (χ0v) is 14.9. The Morgan fingerprint density at radius 2 is 2.05 bits per heavy atom. The molecule has 0 radical (unpaired) electrons. The maximum absolute atomic E-state index is 13.2. The summed E-state index contributed by atoms with van der Waals surface area (Å²) in [7, 11) is -1.93. The lowest BCUT2D eigenvalue weighted by Crippen LogP contribution is -2.67. The monoisotopic (exact) mass is 317 g/mol. The molecule has 2 rings (SSSR count). The van der Waals surface area contributed by atoms with E-state index in [0.717, 1.165) is 0 Å². The molecule has 122 valence electrons. The van der Waals surface area contributed by atoms with Gasteiger partial charge in [0, 0.05) is 5.92 Å². The second-order valence-electron chi connectivity index (χ2n) is 7.83. The van der Waals surface area contributed by atoms with Crippen LogP contribution in [0.4, 0.5) is 4.39 Å². The molecule has 6 heteroatoms. The first kappa shape index (κ1) is 16.9. The van der Waals surface area contributed by atoms with E-state index in [2.05, 4.69) is 39.2 Å². The van der Waals surface area contributed by atoms with E-state index in [1.54, 1.807) is 0 Å². The molecule has 1 N–H and O–H groups in total. The third-order valence-electron chi connectivity index (χ3n) is 5.27. The van der Waals surface area contributed by atoms with Gasteiger partial charge in [-0.1, -0.05) is 20.8 Å². The Balaban J connectivity index is 2.03. The highest BCUT2D eigenvalue weighted by Gasteiger charge is 2.53. The number of rotatable bonds is 6. The van der Waals surface area contributed by atoms with Crippen molar-refractivity contribution in [2.75, 3.05) is 13.3 Å². The van der Waals surface area contributed by atoms with Gasteiger partial charge in [0.05, 0.1) is 37.4 Å². The summed E-state index contributed by atoms with van der Waals surface area (Å²) in [6.45, 7) is 13.0. The molecule has 0 aliphatic carbocycles. The van der Waals surface area contributed by atoms with E-state index in [0.29, 0.717) is 6.61 Å². The number of carbonyl (C=O) groups excluding carboxylic acids is 1. The highest BCUT2D eigenvalue weighted by atomic mass is 28.4. The van der Waals surface area contributed by atoms with Crippen LogP contribution in [0, 0.1) is 11.8 Å². The molecule has 0 aromatic rings. The summed E-state index contributed by atoms with van der Waals surface area (Å²) in [6.07, 6.45) is -0.222. The standard InChI is InChI=1S/C15H28FNO3Si/c1-9(20-21(5,6)15(2,3)4)12-13(17-14(12)18)10(7-16)11-8-19-11/h9-13H,7-8H2,1-6H3,(H,17,18)/t9-,10-,11-,12-,13-/m1/s1. The topological polar surface area (TPSA) is 50.9 Å². The van der Waals surface area contributed by atoms with E-state index < -0.39 is 15.0 Å². The van der Waals surface area contributed by atoms with Gasteiger partial charge in [-0.2, -0.15) is 0 Å². The van der Waals surface area contributed by atoms with Crippen molar-refractivity contribution in [2.24, 2.45) is 11.8 Å².